The van der Waals surface area contributed by atoms with Gasteiger partial charge in [0, 0.05) is 6.20 Å². The zero-order chi connectivity index (χ0) is 16.1. The number of aromatic nitrogens is 1. The molecular formula is C18H25NO2S. The first-order chi connectivity index (χ1) is 10.5. The van der Waals surface area contributed by atoms with Gasteiger partial charge in [-0.25, -0.2) is 4.79 Å². The van der Waals surface area contributed by atoms with Gasteiger partial charge in [-0.2, -0.15) is 11.8 Å². The summed E-state index contributed by atoms with van der Waals surface area (Å²) >= 11 is 1.79. The second-order valence-electron chi connectivity index (χ2n) is 6.22. The van der Waals surface area contributed by atoms with E-state index in [1.54, 1.807) is 18.0 Å². The lowest BCUT2D eigenvalue weighted by atomic mass is 9.89. The molecule has 1 N–H and O–H groups in total. The molecule has 2 aromatic rings. The Morgan fingerprint density at radius 3 is 2.45 bits per heavy atom. The third kappa shape index (κ3) is 4.54. The van der Waals surface area contributed by atoms with E-state index in [1.165, 1.54) is 16.7 Å². The lowest BCUT2D eigenvalue weighted by Gasteiger charge is -2.17. The zero-order valence-electron chi connectivity index (χ0n) is 13.8. The minimum absolute atomic E-state index is 0.374. The van der Waals surface area contributed by atoms with E-state index >= 15 is 0 Å². The minimum Gasteiger partial charge on any atom is -0.412 e. The van der Waals surface area contributed by atoms with Gasteiger partial charge in [-0.05, 0) is 40.7 Å². The number of hydrogen-bond donors (Lipinski definition) is 1. The van der Waals surface area contributed by atoms with Gasteiger partial charge >= 0.3 is 5.76 Å². The molecule has 0 amide bonds. The van der Waals surface area contributed by atoms with E-state index in [-0.39, 0.29) is 5.76 Å². The summed E-state index contributed by atoms with van der Waals surface area (Å²) < 4.78 is 5.00. The predicted octanol–water partition coefficient (Wildman–Crippen LogP) is 4.69. The van der Waals surface area contributed by atoms with Crippen molar-refractivity contribution in [1.82, 2.24) is 4.98 Å². The molecule has 0 saturated carbocycles. The molecular weight excluding hydrogens is 294 g/mol. The molecule has 0 fully saturated rings. The maximum Gasteiger partial charge on any atom is 0.416 e. The van der Waals surface area contributed by atoms with E-state index < -0.39 is 0 Å². The average Bonchev–Trinajstić information content (AvgIpc) is 2.88. The number of H-pyrrole nitrogens is 1. The van der Waals surface area contributed by atoms with Crippen LogP contribution in [0.25, 0.3) is 0 Å². The molecule has 2 rings (SSSR count). The summed E-state index contributed by atoms with van der Waals surface area (Å²) in [6.07, 6.45) is 2.68. The van der Waals surface area contributed by atoms with E-state index in [1.807, 2.05) is 0 Å². The largest absolute Gasteiger partial charge is 0.416 e. The van der Waals surface area contributed by atoms with Crippen LogP contribution >= 0.6 is 11.8 Å². The van der Waals surface area contributed by atoms with Gasteiger partial charge in [-0.3, -0.25) is 4.98 Å². The molecule has 1 heterocycles. The Bertz CT molecular complexity index is 655. The van der Waals surface area contributed by atoms with Gasteiger partial charge in [-0.1, -0.05) is 45.9 Å². The van der Waals surface area contributed by atoms with Gasteiger partial charge < -0.3 is 4.42 Å². The fourth-order valence-corrected chi connectivity index (χ4v) is 3.42. The average molecular weight is 319 g/mol. The van der Waals surface area contributed by atoms with Crippen LogP contribution in [-0.4, -0.2) is 10.7 Å². The standard InChI is InChI=1S/C18H25NO2S/c1-12(2)16-6-5-14(9-17(16)13(3)4)7-8-22-11-15-10-19-18(20)21-15/h5-6,9-10,12-13H,7-8,11H2,1-4H3,(H,19,20). The van der Waals surface area contributed by atoms with Gasteiger partial charge in [-0.15, -0.1) is 0 Å². The van der Waals surface area contributed by atoms with Gasteiger partial charge in [0.1, 0.15) is 5.76 Å². The monoisotopic (exact) mass is 319 g/mol. The Morgan fingerprint density at radius 1 is 1.14 bits per heavy atom. The number of aromatic amines is 1. The maximum absolute atomic E-state index is 10.9. The summed E-state index contributed by atoms with van der Waals surface area (Å²) in [7, 11) is 0. The maximum atomic E-state index is 10.9. The van der Waals surface area contributed by atoms with Crippen molar-refractivity contribution in [3.63, 3.8) is 0 Å². The normalized spacial score (nSPS) is 11.5. The molecule has 0 atom stereocenters. The predicted molar refractivity (Wildman–Crippen MR) is 93.8 cm³/mol. The van der Waals surface area contributed by atoms with Crippen LogP contribution in [0.1, 0.15) is 62.0 Å². The SMILES string of the molecule is CC(C)c1ccc(CCSCc2c[nH]c(=O)o2)cc1C(C)C. The molecule has 3 nitrogen and oxygen atoms in total. The van der Waals surface area contributed by atoms with Crippen LogP contribution in [0, 0.1) is 0 Å². The number of nitrogens with one attached hydrogen (secondary N) is 1. The molecule has 1 aromatic carbocycles. The Balaban J connectivity index is 1.92. The van der Waals surface area contributed by atoms with Crippen molar-refractivity contribution in [2.45, 2.75) is 51.7 Å². The van der Waals surface area contributed by atoms with Crippen molar-refractivity contribution in [2.24, 2.45) is 0 Å². The lowest BCUT2D eigenvalue weighted by molar-refractivity contribution is 0.485. The van der Waals surface area contributed by atoms with Crippen LogP contribution in [-0.2, 0) is 12.2 Å². The lowest BCUT2D eigenvalue weighted by Crippen LogP contribution is -2.01. The summed E-state index contributed by atoms with van der Waals surface area (Å²) in [6, 6.07) is 6.89. The first kappa shape index (κ1) is 16.9. The molecule has 0 aliphatic heterocycles. The summed E-state index contributed by atoms with van der Waals surface area (Å²) in [4.78, 5) is 13.4. The summed E-state index contributed by atoms with van der Waals surface area (Å²) in [5, 5.41) is 0. The fraction of sp³-hybridized carbons (Fsp3) is 0.500. The van der Waals surface area contributed by atoms with Crippen molar-refractivity contribution in [1.29, 1.82) is 0 Å². The highest BCUT2D eigenvalue weighted by Gasteiger charge is 2.10. The van der Waals surface area contributed by atoms with Gasteiger partial charge in [0.2, 0.25) is 0 Å². The Morgan fingerprint density at radius 2 is 1.86 bits per heavy atom. The molecule has 0 unspecified atom stereocenters. The summed E-state index contributed by atoms with van der Waals surface area (Å²) in [5.74, 6) is 3.22. The van der Waals surface area contributed by atoms with Gasteiger partial charge in [0.05, 0.1) is 5.75 Å². The highest BCUT2D eigenvalue weighted by Crippen LogP contribution is 2.27. The van der Waals surface area contributed by atoms with Crippen LogP contribution in [0.15, 0.2) is 33.6 Å². The first-order valence-corrected chi connectivity index (χ1v) is 9.00. The second-order valence-corrected chi connectivity index (χ2v) is 7.32. The third-order valence-electron chi connectivity index (χ3n) is 3.75. The number of hydrogen-bond acceptors (Lipinski definition) is 3. The molecule has 0 bridgehead atoms. The fourth-order valence-electron chi connectivity index (χ4n) is 2.56. The molecule has 0 aliphatic carbocycles. The second kappa shape index (κ2) is 7.73. The van der Waals surface area contributed by atoms with Crippen LogP contribution in [0.5, 0.6) is 0 Å². The van der Waals surface area contributed by atoms with E-state index in [0.29, 0.717) is 17.6 Å². The van der Waals surface area contributed by atoms with Crippen molar-refractivity contribution in [3.05, 3.63) is 57.4 Å². The van der Waals surface area contributed by atoms with Crippen molar-refractivity contribution in [2.75, 3.05) is 5.75 Å². The molecule has 22 heavy (non-hydrogen) atoms. The number of rotatable bonds is 7. The highest BCUT2D eigenvalue weighted by atomic mass is 32.2. The molecule has 0 aliphatic rings. The van der Waals surface area contributed by atoms with Crippen LogP contribution in [0.2, 0.25) is 0 Å². The molecule has 0 radical (unpaired) electrons. The Hall–Kier alpha value is -1.42. The van der Waals surface area contributed by atoms with E-state index in [4.69, 9.17) is 4.42 Å². The van der Waals surface area contributed by atoms with E-state index in [9.17, 15) is 4.79 Å². The van der Waals surface area contributed by atoms with Gasteiger partial charge in [0.25, 0.3) is 0 Å². The zero-order valence-corrected chi connectivity index (χ0v) is 14.6. The van der Waals surface area contributed by atoms with Crippen LogP contribution in [0.4, 0.5) is 0 Å². The Kier molecular flexibility index (Phi) is 5.95. The molecule has 0 spiro atoms. The van der Waals surface area contributed by atoms with Gasteiger partial charge in [0.15, 0.2) is 0 Å². The number of oxazole rings is 1. The molecule has 120 valence electrons. The van der Waals surface area contributed by atoms with Crippen LogP contribution < -0.4 is 5.76 Å². The first-order valence-electron chi connectivity index (χ1n) is 7.85. The third-order valence-corrected chi connectivity index (χ3v) is 4.73. The van der Waals surface area contributed by atoms with Crippen molar-refractivity contribution >= 4 is 11.8 Å². The number of thioether (sulfide) groups is 1. The molecule has 1 aromatic heterocycles. The molecule has 4 heteroatoms. The van der Waals surface area contributed by atoms with Crippen LogP contribution in [0.3, 0.4) is 0 Å². The highest BCUT2D eigenvalue weighted by molar-refractivity contribution is 7.98. The van der Waals surface area contributed by atoms with Crippen molar-refractivity contribution in [3.8, 4) is 0 Å². The minimum atomic E-state index is -0.374. The smallest absolute Gasteiger partial charge is 0.412 e. The topological polar surface area (TPSA) is 46.0 Å². The molecule has 0 saturated heterocycles. The van der Waals surface area contributed by atoms with E-state index in [0.717, 1.165) is 17.9 Å². The number of benzene rings is 1. The van der Waals surface area contributed by atoms with E-state index in [2.05, 4.69) is 50.9 Å². The summed E-state index contributed by atoms with van der Waals surface area (Å²) in [6.45, 7) is 9.02. The number of aryl methyl sites for hydroxylation is 1. The van der Waals surface area contributed by atoms with Crippen molar-refractivity contribution < 1.29 is 4.42 Å². The Labute approximate surface area is 136 Å². The summed E-state index contributed by atoms with van der Waals surface area (Å²) in [5.41, 5.74) is 4.31. The quantitative estimate of drug-likeness (QED) is 0.753.